The molecule has 3 aliphatic carbocycles. The minimum absolute atomic E-state index is 0.0654. The Morgan fingerprint density at radius 2 is 2.08 bits per heavy atom. The molecule has 1 aromatic rings. The number of benzene rings is 1. The van der Waals surface area contributed by atoms with Gasteiger partial charge < -0.3 is 14.9 Å². The molecule has 0 radical (unpaired) electrons. The summed E-state index contributed by atoms with van der Waals surface area (Å²) in [6.07, 6.45) is 6.28. The lowest BCUT2D eigenvalue weighted by molar-refractivity contribution is -0.105. The van der Waals surface area contributed by atoms with Gasteiger partial charge in [-0.1, -0.05) is 6.07 Å². The summed E-state index contributed by atoms with van der Waals surface area (Å²) in [7, 11) is 0. The Morgan fingerprint density at radius 3 is 2.92 bits per heavy atom. The molecule has 2 N–H and O–H groups in total. The van der Waals surface area contributed by atoms with Gasteiger partial charge in [0.1, 0.15) is 6.10 Å². The van der Waals surface area contributed by atoms with E-state index < -0.39 is 6.10 Å². The van der Waals surface area contributed by atoms with Gasteiger partial charge in [0.05, 0.1) is 6.10 Å². The Labute approximate surface area is 142 Å². The lowest BCUT2D eigenvalue weighted by Crippen LogP contribution is -2.67. The third-order valence-corrected chi connectivity index (χ3v) is 7.59. The van der Waals surface area contributed by atoms with E-state index in [-0.39, 0.29) is 17.3 Å². The third-order valence-electron chi connectivity index (χ3n) is 7.59. The van der Waals surface area contributed by atoms with E-state index in [2.05, 4.69) is 11.0 Å². The predicted molar refractivity (Wildman–Crippen MR) is 89.3 cm³/mol. The van der Waals surface area contributed by atoms with Crippen LogP contribution in [0.3, 0.4) is 0 Å². The van der Waals surface area contributed by atoms with E-state index in [9.17, 15) is 10.2 Å². The number of phenolic OH excluding ortho intramolecular Hbond substituents is 1. The van der Waals surface area contributed by atoms with Crippen LogP contribution in [0.1, 0.15) is 43.2 Å². The van der Waals surface area contributed by atoms with Gasteiger partial charge in [0.2, 0.25) is 0 Å². The van der Waals surface area contributed by atoms with Gasteiger partial charge in [-0.15, -0.1) is 0 Å². The highest BCUT2D eigenvalue weighted by atomic mass is 16.5. The molecule has 6 rings (SSSR count). The standard InChI is InChI=1S/C20H25NO3/c22-15-5-3-12-9-14-13-4-6-16(23)19-20(13,17(12)18(15)24-19)7-8-21(14)10-11-1-2-11/h3,5,11,13-14,16,19,22-23H,1-2,4,6-10H2/t13?,14?,16?,19-,20?/m0/s1. The Balaban J connectivity index is 1.52. The van der Waals surface area contributed by atoms with Crippen molar-refractivity contribution in [1.29, 1.82) is 0 Å². The second kappa shape index (κ2) is 4.47. The summed E-state index contributed by atoms with van der Waals surface area (Å²) in [5.41, 5.74) is 2.53. The Kier molecular flexibility index (Phi) is 2.60. The first-order valence-corrected chi connectivity index (χ1v) is 9.62. The number of aliphatic hydroxyl groups is 1. The average Bonchev–Trinajstić information content (AvgIpc) is 3.32. The fourth-order valence-corrected chi connectivity index (χ4v) is 6.46. The quantitative estimate of drug-likeness (QED) is 0.874. The van der Waals surface area contributed by atoms with E-state index in [1.807, 2.05) is 0 Å². The number of nitrogens with zero attached hydrogens (tertiary/aromatic N) is 1. The van der Waals surface area contributed by atoms with Gasteiger partial charge in [-0.25, -0.2) is 0 Å². The maximum Gasteiger partial charge on any atom is 0.165 e. The van der Waals surface area contributed by atoms with Gasteiger partial charge >= 0.3 is 0 Å². The molecule has 2 saturated carbocycles. The van der Waals surface area contributed by atoms with Crippen LogP contribution < -0.4 is 4.74 Å². The number of likely N-dealkylation sites (tertiary alicyclic amines) is 1. The molecule has 128 valence electrons. The molecule has 0 amide bonds. The number of aromatic hydroxyl groups is 1. The van der Waals surface area contributed by atoms with E-state index >= 15 is 0 Å². The maximum atomic E-state index is 10.7. The van der Waals surface area contributed by atoms with Gasteiger partial charge in [0.25, 0.3) is 0 Å². The topological polar surface area (TPSA) is 52.9 Å². The highest BCUT2D eigenvalue weighted by molar-refractivity contribution is 5.60. The van der Waals surface area contributed by atoms with Crippen molar-refractivity contribution in [2.24, 2.45) is 11.8 Å². The van der Waals surface area contributed by atoms with Crippen LogP contribution in [0.2, 0.25) is 0 Å². The van der Waals surface area contributed by atoms with Gasteiger partial charge in [0.15, 0.2) is 11.5 Å². The lowest BCUT2D eigenvalue weighted by Gasteiger charge is -2.59. The number of phenols is 1. The van der Waals surface area contributed by atoms with E-state index in [4.69, 9.17) is 4.74 Å². The molecule has 1 saturated heterocycles. The van der Waals surface area contributed by atoms with Gasteiger partial charge in [-0.3, -0.25) is 4.90 Å². The molecule has 2 bridgehead atoms. The number of hydrogen-bond acceptors (Lipinski definition) is 4. The van der Waals surface area contributed by atoms with Gasteiger partial charge in [0, 0.05) is 23.6 Å². The van der Waals surface area contributed by atoms with Crippen molar-refractivity contribution in [2.45, 2.75) is 62.2 Å². The first-order chi connectivity index (χ1) is 11.7. The maximum absolute atomic E-state index is 10.7. The second-order valence-electron chi connectivity index (χ2n) is 8.74. The zero-order valence-electron chi connectivity index (χ0n) is 13.9. The first-order valence-electron chi connectivity index (χ1n) is 9.62. The van der Waals surface area contributed by atoms with Gasteiger partial charge in [-0.05, 0) is 68.5 Å². The van der Waals surface area contributed by atoms with E-state index in [0.29, 0.717) is 17.7 Å². The Morgan fingerprint density at radius 1 is 1.21 bits per heavy atom. The summed E-state index contributed by atoms with van der Waals surface area (Å²) in [5.74, 6) is 2.41. The molecule has 4 nitrogen and oxygen atoms in total. The number of hydrogen-bond donors (Lipinski definition) is 2. The summed E-state index contributed by atoms with van der Waals surface area (Å²) in [4.78, 5) is 2.75. The van der Waals surface area contributed by atoms with Crippen LogP contribution in [0.5, 0.6) is 11.5 Å². The Bertz CT molecular complexity index is 715. The summed E-state index contributed by atoms with van der Waals surface area (Å²) in [5, 5.41) is 21.0. The summed E-state index contributed by atoms with van der Waals surface area (Å²) in [6, 6.07) is 4.48. The molecule has 4 heteroatoms. The fourth-order valence-electron chi connectivity index (χ4n) is 6.46. The van der Waals surface area contributed by atoms with Crippen molar-refractivity contribution in [3.05, 3.63) is 23.3 Å². The molecule has 0 aromatic heterocycles. The zero-order chi connectivity index (χ0) is 16.1. The molecule has 5 aliphatic rings. The van der Waals surface area contributed by atoms with Crippen LogP contribution in [-0.4, -0.2) is 46.5 Å². The normalized spacial score (nSPS) is 42.5. The van der Waals surface area contributed by atoms with E-state index in [1.54, 1.807) is 6.07 Å². The highest BCUT2D eigenvalue weighted by Crippen LogP contribution is 2.63. The molecular weight excluding hydrogens is 302 g/mol. The number of ether oxygens (including phenoxy) is 1. The molecular formula is C20H25NO3. The van der Waals surface area contributed by atoms with Crippen LogP contribution >= 0.6 is 0 Å². The Hall–Kier alpha value is -1.26. The van der Waals surface area contributed by atoms with Gasteiger partial charge in [-0.2, -0.15) is 0 Å². The van der Waals surface area contributed by atoms with Crippen LogP contribution in [0.25, 0.3) is 0 Å². The summed E-state index contributed by atoms with van der Waals surface area (Å²) in [6.45, 7) is 2.37. The molecule has 4 unspecified atom stereocenters. The third kappa shape index (κ3) is 1.57. The molecule has 24 heavy (non-hydrogen) atoms. The number of aliphatic hydroxyl groups excluding tert-OH is 1. The smallest absolute Gasteiger partial charge is 0.165 e. The van der Waals surface area contributed by atoms with Crippen molar-refractivity contribution in [3.8, 4) is 11.5 Å². The van der Waals surface area contributed by atoms with Crippen LogP contribution in [0, 0.1) is 11.8 Å². The average molecular weight is 327 g/mol. The second-order valence-corrected chi connectivity index (χ2v) is 8.74. The molecule has 5 atom stereocenters. The highest BCUT2D eigenvalue weighted by Gasteiger charge is 2.65. The SMILES string of the molecule is Oc1ccc2c3c1O[C@H]1C(O)CCC4C(C2)N(CC2CC2)CCC341. The van der Waals surface area contributed by atoms with Crippen molar-refractivity contribution >= 4 is 0 Å². The van der Waals surface area contributed by atoms with Crippen LogP contribution in [-0.2, 0) is 11.8 Å². The summed E-state index contributed by atoms with van der Waals surface area (Å²) < 4.78 is 6.23. The fraction of sp³-hybridized carbons (Fsp3) is 0.700. The van der Waals surface area contributed by atoms with Crippen LogP contribution in [0.15, 0.2) is 12.1 Å². The van der Waals surface area contributed by atoms with Crippen LogP contribution in [0.4, 0.5) is 0 Å². The van der Waals surface area contributed by atoms with Crippen molar-refractivity contribution in [3.63, 3.8) is 0 Å². The minimum Gasteiger partial charge on any atom is -0.504 e. The largest absolute Gasteiger partial charge is 0.504 e. The summed E-state index contributed by atoms with van der Waals surface area (Å²) >= 11 is 0. The van der Waals surface area contributed by atoms with E-state index in [1.165, 1.54) is 30.5 Å². The molecule has 1 spiro atoms. The molecule has 1 aromatic carbocycles. The van der Waals surface area contributed by atoms with Crippen molar-refractivity contribution < 1.29 is 14.9 Å². The van der Waals surface area contributed by atoms with Crippen molar-refractivity contribution in [2.75, 3.05) is 13.1 Å². The molecule has 2 aliphatic heterocycles. The van der Waals surface area contributed by atoms with Crippen molar-refractivity contribution in [1.82, 2.24) is 4.90 Å². The number of rotatable bonds is 2. The minimum atomic E-state index is -0.408. The first kappa shape index (κ1) is 14.0. The lowest BCUT2D eigenvalue weighted by atomic mass is 9.51. The number of piperidine rings is 1. The molecule has 2 heterocycles. The zero-order valence-corrected chi connectivity index (χ0v) is 13.9. The molecule has 3 fully saturated rings. The van der Waals surface area contributed by atoms with E-state index in [0.717, 1.165) is 38.1 Å². The monoisotopic (exact) mass is 327 g/mol. The predicted octanol–water partition coefficient (Wildman–Crippen LogP) is 2.20.